The Bertz CT molecular complexity index is 1300. The Morgan fingerprint density at radius 2 is 1.86 bits per heavy atom. The number of methoxy groups -OCH3 is 2. The van der Waals surface area contributed by atoms with E-state index in [-0.39, 0.29) is 16.7 Å². The van der Waals surface area contributed by atoms with Crippen molar-refractivity contribution >= 4 is 28.4 Å². The molecular formula is C28H32N2O5. The van der Waals surface area contributed by atoms with Crippen LogP contribution in [0.3, 0.4) is 0 Å². The Kier molecular flexibility index (Phi) is 6.72. The molecule has 1 aliphatic heterocycles. The van der Waals surface area contributed by atoms with Crippen LogP contribution < -0.4 is 4.74 Å². The molecule has 7 nitrogen and oxygen atoms in total. The molecule has 0 aliphatic carbocycles. The van der Waals surface area contributed by atoms with Gasteiger partial charge in [0.15, 0.2) is 0 Å². The molecular weight excluding hydrogens is 444 g/mol. The third-order valence-corrected chi connectivity index (χ3v) is 6.48. The summed E-state index contributed by atoms with van der Waals surface area (Å²) >= 11 is 0. The van der Waals surface area contributed by atoms with Gasteiger partial charge in [0, 0.05) is 54.1 Å². The van der Waals surface area contributed by atoms with E-state index in [2.05, 4.69) is 25.8 Å². The minimum atomic E-state index is -0.719. The van der Waals surface area contributed by atoms with Crippen LogP contribution in [0.4, 0.5) is 0 Å². The number of likely N-dealkylation sites (tertiary alicyclic amines) is 1. The number of ether oxygens (including phenoxy) is 2. The highest BCUT2D eigenvalue weighted by Gasteiger charge is 2.46. The van der Waals surface area contributed by atoms with Gasteiger partial charge in [-0.2, -0.15) is 0 Å². The standard InChI is InChI=1S/C28H32N2O5/c1-28(2,3)20-15-17(11-12-22(20)35-5)25(31)23-24(19-16-29-21-10-7-6-9-18(19)21)30(13-8-14-34-4)27(33)26(23)32/h6-7,9-12,15-16,24,29,31H,8,13-14H2,1-5H3/b25-23+. The van der Waals surface area contributed by atoms with Crippen molar-refractivity contribution in [3.63, 3.8) is 0 Å². The Hall–Kier alpha value is -3.58. The maximum absolute atomic E-state index is 13.3. The van der Waals surface area contributed by atoms with Gasteiger partial charge >= 0.3 is 0 Å². The molecule has 1 aromatic heterocycles. The Balaban J connectivity index is 1.91. The first-order chi connectivity index (χ1) is 16.7. The summed E-state index contributed by atoms with van der Waals surface area (Å²) < 4.78 is 10.7. The van der Waals surface area contributed by atoms with Crippen molar-refractivity contribution in [2.24, 2.45) is 0 Å². The largest absolute Gasteiger partial charge is 0.507 e. The average Bonchev–Trinajstić information content (AvgIpc) is 3.37. The van der Waals surface area contributed by atoms with Crippen molar-refractivity contribution in [2.45, 2.75) is 38.6 Å². The number of hydrogen-bond acceptors (Lipinski definition) is 5. The number of carbonyl (C=O) groups excluding carboxylic acids is 2. The molecule has 1 fully saturated rings. The van der Waals surface area contributed by atoms with Gasteiger partial charge in [-0.25, -0.2) is 0 Å². The van der Waals surface area contributed by atoms with Gasteiger partial charge in [-0.05, 0) is 36.1 Å². The number of benzene rings is 2. The normalized spacial score (nSPS) is 18.0. The molecule has 184 valence electrons. The quantitative estimate of drug-likeness (QED) is 0.218. The number of aromatic amines is 1. The minimum absolute atomic E-state index is 0.0854. The van der Waals surface area contributed by atoms with Crippen LogP contribution in [-0.2, 0) is 19.7 Å². The van der Waals surface area contributed by atoms with E-state index in [0.29, 0.717) is 30.9 Å². The highest BCUT2D eigenvalue weighted by Crippen LogP contribution is 2.43. The predicted octanol–water partition coefficient (Wildman–Crippen LogP) is 4.93. The summed E-state index contributed by atoms with van der Waals surface area (Å²) in [6, 6.07) is 12.3. The van der Waals surface area contributed by atoms with E-state index in [1.165, 1.54) is 4.90 Å². The number of Topliss-reactive ketones (excluding diaryl/α,β-unsaturated/α-hetero) is 1. The van der Waals surface area contributed by atoms with Gasteiger partial charge in [-0.1, -0.05) is 39.0 Å². The van der Waals surface area contributed by atoms with Crippen molar-refractivity contribution < 1.29 is 24.2 Å². The Morgan fingerprint density at radius 1 is 1.11 bits per heavy atom. The van der Waals surface area contributed by atoms with E-state index in [4.69, 9.17) is 9.47 Å². The van der Waals surface area contributed by atoms with Gasteiger partial charge in [0.25, 0.3) is 11.7 Å². The number of aromatic nitrogens is 1. The van der Waals surface area contributed by atoms with E-state index in [0.717, 1.165) is 22.0 Å². The number of aliphatic hydroxyl groups excluding tert-OH is 1. The lowest BCUT2D eigenvalue weighted by Crippen LogP contribution is -2.31. The number of nitrogens with one attached hydrogen (secondary N) is 1. The number of aliphatic hydroxyl groups is 1. The van der Waals surface area contributed by atoms with Crippen LogP contribution in [-0.4, -0.2) is 54.1 Å². The van der Waals surface area contributed by atoms with Gasteiger partial charge in [0.1, 0.15) is 11.5 Å². The van der Waals surface area contributed by atoms with Crippen LogP contribution in [0.5, 0.6) is 5.75 Å². The van der Waals surface area contributed by atoms with Crippen LogP contribution in [0.1, 0.15) is 49.9 Å². The molecule has 1 amide bonds. The highest BCUT2D eigenvalue weighted by atomic mass is 16.5. The molecule has 1 saturated heterocycles. The second-order valence-corrected chi connectivity index (χ2v) is 9.79. The number of fused-ring (bicyclic) bond motifs is 1. The van der Waals surface area contributed by atoms with Gasteiger partial charge < -0.3 is 24.5 Å². The van der Waals surface area contributed by atoms with Gasteiger partial charge in [0.2, 0.25) is 0 Å². The highest BCUT2D eigenvalue weighted by molar-refractivity contribution is 6.46. The SMILES string of the molecule is COCCCN1C(=O)C(=O)/C(=C(/O)c2ccc(OC)c(C(C)(C)C)c2)C1c1c[nH]c2ccccc12. The van der Waals surface area contributed by atoms with E-state index in [1.54, 1.807) is 26.4 Å². The average molecular weight is 477 g/mol. The molecule has 3 aromatic rings. The molecule has 4 rings (SSSR count). The molecule has 7 heteroatoms. The van der Waals surface area contributed by atoms with Crippen LogP contribution in [0, 0.1) is 0 Å². The molecule has 0 spiro atoms. The number of hydrogen-bond donors (Lipinski definition) is 2. The third kappa shape index (κ3) is 4.44. The molecule has 1 atom stereocenters. The maximum atomic E-state index is 13.3. The number of carbonyl (C=O) groups is 2. The lowest BCUT2D eigenvalue weighted by atomic mass is 9.84. The summed E-state index contributed by atoms with van der Waals surface area (Å²) in [7, 11) is 3.20. The van der Waals surface area contributed by atoms with Crippen LogP contribution >= 0.6 is 0 Å². The number of H-pyrrole nitrogens is 1. The number of rotatable bonds is 7. The number of ketones is 1. The van der Waals surface area contributed by atoms with Crippen LogP contribution in [0.2, 0.25) is 0 Å². The number of nitrogens with zero attached hydrogens (tertiary/aromatic N) is 1. The minimum Gasteiger partial charge on any atom is -0.507 e. The maximum Gasteiger partial charge on any atom is 0.295 e. The molecule has 2 heterocycles. The van der Waals surface area contributed by atoms with Crippen molar-refractivity contribution in [3.05, 3.63) is 70.9 Å². The fraction of sp³-hybridized carbons (Fsp3) is 0.357. The molecule has 0 radical (unpaired) electrons. The molecule has 1 unspecified atom stereocenters. The van der Waals surface area contributed by atoms with Gasteiger partial charge in [-0.15, -0.1) is 0 Å². The summed E-state index contributed by atoms with van der Waals surface area (Å²) in [6.07, 6.45) is 2.38. The smallest absolute Gasteiger partial charge is 0.295 e. The molecule has 2 aromatic carbocycles. The van der Waals surface area contributed by atoms with E-state index in [1.807, 2.05) is 36.5 Å². The predicted molar refractivity (Wildman–Crippen MR) is 135 cm³/mol. The zero-order valence-electron chi connectivity index (χ0n) is 20.8. The third-order valence-electron chi connectivity index (χ3n) is 6.48. The zero-order chi connectivity index (χ0) is 25.3. The summed E-state index contributed by atoms with van der Waals surface area (Å²) in [4.78, 5) is 31.3. The fourth-order valence-electron chi connectivity index (χ4n) is 4.73. The summed E-state index contributed by atoms with van der Waals surface area (Å²) in [5.74, 6) is -0.811. The lowest BCUT2D eigenvalue weighted by Gasteiger charge is -2.25. The van der Waals surface area contributed by atoms with E-state index < -0.39 is 17.7 Å². The lowest BCUT2D eigenvalue weighted by molar-refractivity contribution is -0.140. The first-order valence-corrected chi connectivity index (χ1v) is 11.7. The fourth-order valence-corrected chi connectivity index (χ4v) is 4.73. The summed E-state index contributed by atoms with van der Waals surface area (Å²) in [6.45, 7) is 6.94. The summed E-state index contributed by atoms with van der Waals surface area (Å²) in [5, 5.41) is 12.4. The van der Waals surface area contributed by atoms with Gasteiger partial charge in [-0.3, -0.25) is 9.59 Å². The zero-order valence-corrected chi connectivity index (χ0v) is 20.8. The Morgan fingerprint density at radius 3 is 2.54 bits per heavy atom. The first-order valence-electron chi connectivity index (χ1n) is 11.7. The van der Waals surface area contributed by atoms with Crippen molar-refractivity contribution in [3.8, 4) is 5.75 Å². The number of para-hydroxylation sites is 1. The van der Waals surface area contributed by atoms with Crippen LogP contribution in [0.15, 0.2) is 54.2 Å². The molecule has 2 N–H and O–H groups in total. The number of amides is 1. The monoisotopic (exact) mass is 476 g/mol. The molecule has 35 heavy (non-hydrogen) atoms. The van der Waals surface area contributed by atoms with Gasteiger partial charge in [0.05, 0.1) is 18.7 Å². The van der Waals surface area contributed by atoms with Crippen molar-refractivity contribution in [2.75, 3.05) is 27.4 Å². The van der Waals surface area contributed by atoms with Crippen LogP contribution in [0.25, 0.3) is 16.7 Å². The second-order valence-electron chi connectivity index (χ2n) is 9.79. The topological polar surface area (TPSA) is 91.9 Å². The van der Waals surface area contributed by atoms with Crippen molar-refractivity contribution in [1.82, 2.24) is 9.88 Å². The first kappa shape index (κ1) is 24.5. The van der Waals surface area contributed by atoms with E-state index in [9.17, 15) is 14.7 Å². The molecule has 1 aliphatic rings. The second kappa shape index (κ2) is 9.58. The summed E-state index contributed by atoms with van der Waals surface area (Å²) in [5.41, 5.74) is 2.84. The van der Waals surface area contributed by atoms with Crippen molar-refractivity contribution in [1.29, 1.82) is 0 Å². The molecule has 0 saturated carbocycles. The Labute approximate surface area is 205 Å². The van der Waals surface area contributed by atoms with E-state index >= 15 is 0 Å². The molecule has 0 bridgehead atoms.